The lowest BCUT2D eigenvalue weighted by Gasteiger charge is -2.59. The Kier molecular flexibility index (Phi) is 10.7. The van der Waals surface area contributed by atoms with E-state index in [0.717, 1.165) is 65.2 Å². The average molecular weight is 831 g/mol. The molecule has 3 fully saturated rings. The first-order valence-corrected chi connectivity index (χ1v) is 21.6. The fraction of sp³-hybridized carbons (Fsp3) is 0.422. The number of aromatic amines is 1. The molecule has 4 aromatic heterocycles. The van der Waals surface area contributed by atoms with E-state index in [0.29, 0.717) is 40.8 Å². The molecule has 6 heterocycles. The molecule has 0 unspecified atom stereocenters. The first kappa shape index (κ1) is 39.8. The highest BCUT2D eigenvalue weighted by atomic mass is 32.1. The van der Waals surface area contributed by atoms with Crippen molar-refractivity contribution in [2.45, 2.75) is 77.0 Å². The van der Waals surface area contributed by atoms with Gasteiger partial charge in [0.1, 0.15) is 24.3 Å². The second-order valence-corrected chi connectivity index (χ2v) is 18.1. The maximum atomic E-state index is 14.2. The zero-order valence-electron chi connectivity index (χ0n) is 34.2. The summed E-state index contributed by atoms with van der Waals surface area (Å²) in [6, 6.07) is 17.8. The van der Waals surface area contributed by atoms with Crippen LogP contribution in [0.1, 0.15) is 80.5 Å². The van der Waals surface area contributed by atoms with E-state index in [1.807, 2.05) is 75.7 Å². The summed E-state index contributed by atoms with van der Waals surface area (Å²) in [6.45, 7) is 11.0. The Hall–Kier alpha value is -5.64. The van der Waals surface area contributed by atoms with Gasteiger partial charge >= 0.3 is 0 Å². The van der Waals surface area contributed by atoms with Crippen LogP contribution in [0.3, 0.4) is 0 Å². The van der Waals surface area contributed by atoms with Crippen LogP contribution in [0, 0.1) is 18.3 Å². The van der Waals surface area contributed by atoms with Gasteiger partial charge in [-0.2, -0.15) is 0 Å². The van der Waals surface area contributed by atoms with Gasteiger partial charge in [0.05, 0.1) is 33.9 Å². The molecule has 1 saturated carbocycles. The number of phenolic OH excluding ortho intramolecular Hbond substituents is 1. The summed E-state index contributed by atoms with van der Waals surface area (Å²) in [6.07, 6.45) is 3.59. The number of nitrogens with one attached hydrogen (secondary N) is 2. The molecule has 9 rings (SSSR count). The van der Waals surface area contributed by atoms with Crippen LogP contribution in [-0.2, 0) is 9.59 Å². The molecule has 15 heteroatoms. The molecule has 2 amide bonds. The summed E-state index contributed by atoms with van der Waals surface area (Å²) < 4.78 is 11.7. The summed E-state index contributed by atoms with van der Waals surface area (Å²) in [7, 11) is 0. The molecule has 312 valence electrons. The van der Waals surface area contributed by atoms with E-state index >= 15 is 0 Å². The number of aromatic hydroxyl groups is 1. The Balaban J connectivity index is 0.762. The van der Waals surface area contributed by atoms with Crippen molar-refractivity contribution in [2.24, 2.45) is 11.3 Å². The molecule has 3 aliphatic rings. The summed E-state index contributed by atoms with van der Waals surface area (Å²) in [5.41, 5.74) is 8.44. The summed E-state index contributed by atoms with van der Waals surface area (Å²) in [4.78, 5) is 40.4. The van der Waals surface area contributed by atoms with E-state index in [-0.39, 0.29) is 42.5 Å². The van der Waals surface area contributed by atoms with Crippen LogP contribution in [0.4, 0.5) is 0 Å². The Morgan fingerprint density at radius 2 is 1.87 bits per heavy atom. The number of para-hydroxylation sites is 1. The number of β-amino-alcohol motifs (C(OH)–C–C–N with tert-alkyl or cyclic N) is 1. The Morgan fingerprint density at radius 1 is 1.08 bits per heavy atom. The quantitative estimate of drug-likeness (QED) is 0.0986. The number of likely N-dealkylation sites (tertiary alicyclic amines) is 2. The molecule has 0 bridgehead atoms. The number of rotatable bonds is 13. The highest BCUT2D eigenvalue weighted by Gasteiger charge is 2.52. The number of aromatic nitrogens is 5. The number of thiazole rings is 1. The lowest BCUT2D eigenvalue weighted by Crippen LogP contribution is -2.62. The lowest BCUT2D eigenvalue weighted by atomic mass is 9.56. The van der Waals surface area contributed by atoms with E-state index in [9.17, 15) is 19.8 Å². The Morgan fingerprint density at radius 3 is 2.60 bits per heavy atom. The molecule has 2 aromatic carbocycles. The predicted molar refractivity (Wildman–Crippen MR) is 226 cm³/mol. The Bertz CT molecular complexity index is 2500. The Labute approximate surface area is 352 Å². The highest BCUT2D eigenvalue weighted by Crippen LogP contribution is 2.57. The number of amides is 2. The van der Waals surface area contributed by atoms with Crippen LogP contribution in [0.25, 0.3) is 32.7 Å². The highest BCUT2D eigenvalue weighted by molar-refractivity contribution is 7.13. The van der Waals surface area contributed by atoms with Gasteiger partial charge in [-0.15, -0.1) is 21.5 Å². The smallest absolute Gasteiger partial charge is 0.254 e. The van der Waals surface area contributed by atoms with Crippen molar-refractivity contribution >= 4 is 34.2 Å². The van der Waals surface area contributed by atoms with Crippen molar-refractivity contribution in [1.82, 2.24) is 40.4 Å². The van der Waals surface area contributed by atoms with Gasteiger partial charge < -0.3 is 34.7 Å². The van der Waals surface area contributed by atoms with Gasteiger partial charge in [-0.1, -0.05) is 50.2 Å². The molecule has 4 atom stereocenters. The number of ether oxygens (including phenoxy) is 1. The fourth-order valence-corrected chi connectivity index (χ4v) is 10.3. The van der Waals surface area contributed by atoms with Gasteiger partial charge in [0.15, 0.2) is 11.4 Å². The minimum Gasteiger partial charge on any atom is -0.507 e. The van der Waals surface area contributed by atoms with Crippen molar-refractivity contribution in [3.8, 4) is 33.3 Å². The molecular weight excluding hydrogens is 781 g/mol. The van der Waals surface area contributed by atoms with Gasteiger partial charge in [-0.3, -0.25) is 14.5 Å². The molecule has 2 saturated heterocycles. The van der Waals surface area contributed by atoms with Crippen LogP contribution < -0.4 is 10.1 Å². The minimum atomic E-state index is -0.820. The first-order chi connectivity index (χ1) is 28.9. The van der Waals surface area contributed by atoms with Crippen LogP contribution >= 0.6 is 11.3 Å². The maximum Gasteiger partial charge on any atom is 0.254 e. The second-order valence-electron chi connectivity index (χ2n) is 17.2. The van der Waals surface area contributed by atoms with E-state index < -0.39 is 18.1 Å². The third kappa shape index (κ3) is 7.65. The summed E-state index contributed by atoms with van der Waals surface area (Å²) in [5, 5.41) is 38.0. The molecule has 14 nitrogen and oxygen atoms in total. The number of hydrogen-bond donors (Lipinski definition) is 4. The van der Waals surface area contributed by atoms with Gasteiger partial charge in [0, 0.05) is 55.8 Å². The fourth-order valence-electron chi connectivity index (χ4n) is 9.51. The van der Waals surface area contributed by atoms with Crippen LogP contribution in [0.5, 0.6) is 11.6 Å². The van der Waals surface area contributed by atoms with Gasteiger partial charge in [0.25, 0.3) is 5.88 Å². The number of aliphatic hydroxyl groups is 1. The molecule has 1 spiro atoms. The van der Waals surface area contributed by atoms with Gasteiger partial charge in [-0.05, 0) is 84.0 Å². The van der Waals surface area contributed by atoms with Crippen molar-refractivity contribution in [2.75, 3.05) is 32.8 Å². The number of aliphatic hydroxyl groups excluding tert-OH is 1. The molecule has 4 N–H and O–H groups in total. The van der Waals surface area contributed by atoms with Crippen molar-refractivity contribution in [3.05, 3.63) is 95.0 Å². The first-order valence-electron chi connectivity index (χ1n) is 20.7. The normalized spacial score (nSPS) is 20.0. The third-order valence-electron chi connectivity index (χ3n) is 12.6. The van der Waals surface area contributed by atoms with E-state index in [4.69, 9.17) is 9.26 Å². The molecule has 60 heavy (non-hydrogen) atoms. The minimum absolute atomic E-state index is 0.0596. The number of fused-ring (bicyclic) bond motifs is 1. The number of phenols is 1. The number of hydrogen-bond acceptors (Lipinski definition) is 12. The monoisotopic (exact) mass is 830 g/mol. The van der Waals surface area contributed by atoms with Crippen molar-refractivity contribution < 1.29 is 29.1 Å². The van der Waals surface area contributed by atoms with Crippen LogP contribution in [-0.4, -0.2) is 102 Å². The maximum absolute atomic E-state index is 14.2. The molecule has 1 aliphatic carbocycles. The lowest BCUT2D eigenvalue weighted by molar-refractivity contribution is -0.141. The molecule has 2 aliphatic heterocycles. The zero-order chi connectivity index (χ0) is 41.7. The van der Waals surface area contributed by atoms with E-state index in [2.05, 4.69) is 41.7 Å². The topological polar surface area (TPSA) is 183 Å². The number of H-pyrrole nitrogens is 1. The van der Waals surface area contributed by atoms with Crippen LogP contribution in [0.2, 0.25) is 0 Å². The SMILES string of the molecule is Cc1ncsc1-c1ccc([C@H](C)NC(=O)[C@@H]2C[C@@H](O)CN2C(=O)[C@@H](c2cc(OCCN3CC4(CC(c5c[nH]c6nnc(-c7ccccc7O)cc56)C4)C3)no2)C(C)C)cc1. The molecule has 0 radical (unpaired) electrons. The number of aryl methyl sites for hydroxylation is 1. The second kappa shape index (κ2) is 16.1. The van der Waals surface area contributed by atoms with E-state index in [1.54, 1.807) is 29.5 Å². The largest absolute Gasteiger partial charge is 0.507 e. The number of carbonyl (C=O) groups excluding carboxylic acids is 2. The summed E-state index contributed by atoms with van der Waals surface area (Å²) >= 11 is 1.59. The summed E-state index contributed by atoms with van der Waals surface area (Å²) in [5.74, 6) is -0.172. The van der Waals surface area contributed by atoms with E-state index in [1.165, 1.54) is 10.5 Å². The number of carbonyl (C=O) groups is 2. The third-order valence-corrected chi connectivity index (χ3v) is 13.6. The number of benzene rings is 2. The zero-order valence-corrected chi connectivity index (χ0v) is 35.0. The van der Waals surface area contributed by atoms with Gasteiger partial charge in [-0.25, -0.2) is 4.98 Å². The standard InChI is InChI=1S/C45H50N8O6S/c1-25(2)40(44(57)53-21-31(54)15-36(53)43(56)48-26(3)28-9-11-29(12-10-28)41-27(4)47-24-60-41)38-17-39(51-59-38)58-14-13-52-22-45(23-52)18-30(19-45)34-20-46-42-33(34)16-35(49-50-42)32-7-5-6-8-37(32)55/h5-12,16-17,20,24-26,30-31,36,40,54-55H,13-15,18-19,21-23H2,1-4H3,(H,46,50)(H,48,56)/t26-,31+,36-,40+/m0/s1. The van der Waals surface area contributed by atoms with Crippen molar-refractivity contribution in [3.63, 3.8) is 0 Å². The number of nitrogens with zero attached hydrogens (tertiary/aromatic N) is 6. The molecular formula is C45H50N8O6S. The average Bonchev–Trinajstić information content (AvgIpc) is 4.02. The molecule has 6 aromatic rings. The van der Waals surface area contributed by atoms with Crippen LogP contribution in [0.15, 0.2) is 76.9 Å². The predicted octanol–water partition coefficient (Wildman–Crippen LogP) is 6.59. The van der Waals surface area contributed by atoms with Gasteiger partial charge in [0.2, 0.25) is 11.8 Å². The van der Waals surface area contributed by atoms with Crippen molar-refractivity contribution in [1.29, 1.82) is 0 Å².